The number of aromatic nitrogens is 2. The molecule has 0 radical (unpaired) electrons. The van der Waals surface area contributed by atoms with Gasteiger partial charge < -0.3 is 10.3 Å². The zero-order valence-corrected chi connectivity index (χ0v) is 11.6. The number of nitrogens with one attached hydrogen (secondary N) is 2. The van der Waals surface area contributed by atoms with E-state index in [1.165, 1.54) is 5.56 Å². The van der Waals surface area contributed by atoms with E-state index in [1.54, 1.807) is 6.20 Å². The molecule has 0 aliphatic heterocycles. The Kier molecular flexibility index (Phi) is 4.12. The van der Waals surface area contributed by atoms with Gasteiger partial charge in [0.15, 0.2) is 0 Å². The normalized spacial score (nSPS) is 10.7. The van der Waals surface area contributed by atoms with Crippen molar-refractivity contribution < 1.29 is 0 Å². The summed E-state index contributed by atoms with van der Waals surface area (Å²) in [5, 5.41) is 3.02. The highest BCUT2D eigenvalue weighted by atomic mass is 16.1. The largest absolute Gasteiger partial charge is 0.319 e. The molecule has 0 unspecified atom stereocenters. The molecule has 2 aromatic rings. The van der Waals surface area contributed by atoms with Crippen molar-refractivity contribution in [3.63, 3.8) is 0 Å². The van der Waals surface area contributed by atoms with Crippen LogP contribution in [-0.2, 0) is 6.42 Å². The number of benzene rings is 1. The fourth-order valence-electron chi connectivity index (χ4n) is 2.08. The number of likely N-dealkylation sites (N-methyl/N-ethyl adjacent to an activating group) is 1. The molecule has 2 rings (SSSR count). The molecule has 0 bridgehead atoms. The van der Waals surface area contributed by atoms with Gasteiger partial charge in [0, 0.05) is 17.3 Å². The van der Waals surface area contributed by atoms with Crippen LogP contribution in [-0.4, -0.2) is 23.6 Å². The third-order valence-electron chi connectivity index (χ3n) is 3.15. The summed E-state index contributed by atoms with van der Waals surface area (Å²) in [6, 6.07) is 6.11. The van der Waals surface area contributed by atoms with Crippen LogP contribution in [0.15, 0.2) is 29.2 Å². The molecule has 100 valence electrons. The van der Waals surface area contributed by atoms with Crippen LogP contribution in [0.2, 0.25) is 0 Å². The molecule has 1 heterocycles. The highest BCUT2D eigenvalue weighted by Crippen LogP contribution is 2.19. The molecule has 19 heavy (non-hydrogen) atoms. The van der Waals surface area contributed by atoms with Gasteiger partial charge in [-0.3, -0.25) is 4.79 Å². The van der Waals surface area contributed by atoms with Gasteiger partial charge in [-0.25, -0.2) is 4.98 Å². The molecule has 0 saturated carbocycles. The van der Waals surface area contributed by atoms with E-state index in [4.69, 9.17) is 0 Å². The van der Waals surface area contributed by atoms with Crippen LogP contribution in [0.3, 0.4) is 0 Å². The minimum atomic E-state index is -0.0553. The molecule has 1 aromatic carbocycles. The van der Waals surface area contributed by atoms with Crippen molar-refractivity contribution in [2.24, 2.45) is 0 Å². The lowest BCUT2D eigenvalue weighted by molar-refractivity contribution is 0.781. The maximum absolute atomic E-state index is 12.0. The van der Waals surface area contributed by atoms with Crippen molar-refractivity contribution in [1.29, 1.82) is 0 Å². The summed E-state index contributed by atoms with van der Waals surface area (Å²) in [5.41, 5.74) is 3.95. The lowest BCUT2D eigenvalue weighted by Crippen LogP contribution is -2.19. The number of hydrogen-bond donors (Lipinski definition) is 2. The first kappa shape index (κ1) is 13.5. The first-order chi connectivity index (χ1) is 9.11. The Hall–Kier alpha value is -1.94. The number of H-pyrrole nitrogens is 1. The van der Waals surface area contributed by atoms with Crippen molar-refractivity contribution in [1.82, 2.24) is 15.3 Å². The lowest BCUT2D eigenvalue weighted by Gasteiger charge is -2.07. The molecule has 4 heteroatoms. The van der Waals surface area contributed by atoms with Crippen molar-refractivity contribution in [2.75, 3.05) is 13.6 Å². The van der Waals surface area contributed by atoms with Crippen LogP contribution >= 0.6 is 0 Å². The Morgan fingerprint density at radius 1 is 1.32 bits per heavy atom. The Balaban J connectivity index is 2.36. The molecule has 0 aliphatic rings. The SMILES string of the molecule is CNCCc1cnc(-c2ccc(C)cc2C)[nH]c1=O. The van der Waals surface area contributed by atoms with Crippen molar-refractivity contribution in [2.45, 2.75) is 20.3 Å². The van der Waals surface area contributed by atoms with Gasteiger partial charge in [0.2, 0.25) is 0 Å². The third-order valence-corrected chi connectivity index (χ3v) is 3.15. The van der Waals surface area contributed by atoms with Crippen LogP contribution in [0, 0.1) is 13.8 Å². The van der Waals surface area contributed by atoms with Crippen LogP contribution < -0.4 is 10.9 Å². The van der Waals surface area contributed by atoms with Gasteiger partial charge in [0.1, 0.15) is 5.82 Å². The highest BCUT2D eigenvalue weighted by molar-refractivity contribution is 5.60. The molecule has 0 saturated heterocycles. The molecule has 0 fully saturated rings. The molecule has 1 aromatic heterocycles. The maximum Gasteiger partial charge on any atom is 0.254 e. The molecule has 0 spiro atoms. The van der Waals surface area contributed by atoms with Gasteiger partial charge in [-0.05, 0) is 39.4 Å². The molecular weight excluding hydrogens is 238 g/mol. The van der Waals surface area contributed by atoms with Crippen molar-refractivity contribution in [3.05, 3.63) is 51.4 Å². The summed E-state index contributed by atoms with van der Waals surface area (Å²) in [6.45, 7) is 4.85. The number of hydrogen-bond acceptors (Lipinski definition) is 3. The monoisotopic (exact) mass is 257 g/mol. The average Bonchev–Trinajstić information content (AvgIpc) is 2.37. The van der Waals surface area contributed by atoms with Gasteiger partial charge in [0.25, 0.3) is 5.56 Å². The summed E-state index contributed by atoms with van der Waals surface area (Å²) in [6.07, 6.45) is 2.36. The molecule has 0 amide bonds. The minimum absolute atomic E-state index is 0.0553. The topological polar surface area (TPSA) is 57.8 Å². The number of aromatic amines is 1. The van der Waals surface area contributed by atoms with E-state index in [-0.39, 0.29) is 5.56 Å². The van der Waals surface area contributed by atoms with Crippen LogP contribution in [0.1, 0.15) is 16.7 Å². The smallest absolute Gasteiger partial charge is 0.254 e. The summed E-state index contributed by atoms with van der Waals surface area (Å²) in [4.78, 5) is 19.2. The standard InChI is InChI=1S/C15H19N3O/c1-10-4-5-13(11(2)8-10)14-17-9-12(6-7-16-3)15(19)18-14/h4-5,8-9,16H,6-7H2,1-3H3,(H,17,18,19). The lowest BCUT2D eigenvalue weighted by atomic mass is 10.1. The number of aryl methyl sites for hydroxylation is 2. The molecule has 0 atom stereocenters. The summed E-state index contributed by atoms with van der Waals surface area (Å²) in [7, 11) is 1.87. The fourth-order valence-corrected chi connectivity index (χ4v) is 2.08. The predicted molar refractivity (Wildman–Crippen MR) is 77.4 cm³/mol. The molecular formula is C15H19N3O. The van der Waals surface area contributed by atoms with Gasteiger partial charge in [-0.15, -0.1) is 0 Å². The van der Waals surface area contributed by atoms with Gasteiger partial charge in [0.05, 0.1) is 0 Å². The first-order valence-corrected chi connectivity index (χ1v) is 6.42. The third kappa shape index (κ3) is 3.09. The van der Waals surface area contributed by atoms with Gasteiger partial charge >= 0.3 is 0 Å². The molecule has 2 N–H and O–H groups in total. The average molecular weight is 257 g/mol. The second-order valence-electron chi connectivity index (χ2n) is 4.76. The Labute approximate surface area is 112 Å². The van der Waals surface area contributed by atoms with Crippen molar-refractivity contribution >= 4 is 0 Å². The van der Waals surface area contributed by atoms with E-state index in [0.717, 1.165) is 17.7 Å². The zero-order valence-electron chi connectivity index (χ0n) is 11.6. The maximum atomic E-state index is 12.0. The highest BCUT2D eigenvalue weighted by Gasteiger charge is 2.07. The van der Waals surface area contributed by atoms with Gasteiger partial charge in [-0.1, -0.05) is 23.8 Å². The van der Waals surface area contributed by atoms with Crippen LogP contribution in [0.5, 0.6) is 0 Å². The second kappa shape index (κ2) is 5.80. The van der Waals surface area contributed by atoms with Crippen molar-refractivity contribution in [3.8, 4) is 11.4 Å². The second-order valence-corrected chi connectivity index (χ2v) is 4.76. The van der Waals surface area contributed by atoms with E-state index in [0.29, 0.717) is 17.8 Å². The fraction of sp³-hybridized carbons (Fsp3) is 0.333. The minimum Gasteiger partial charge on any atom is -0.319 e. The van der Waals surface area contributed by atoms with E-state index in [9.17, 15) is 4.79 Å². The predicted octanol–water partition coefficient (Wildman–Crippen LogP) is 1.82. The van der Waals surface area contributed by atoms with Gasteiger partial charge in [-0.2, -0.15) is 0 Å². The van der Waals surface area contributed by atoms with Crippen LogP contribution in [0.25, 0.3) is 11.4 Å². The Morgan fingerprint density at radius 2 is 2.11 bits per heavy atom. The summed E-state index contributed by atoms with van der Waals surface area (Å²) in [5.74, 6) is 0.635. The van der Waals surface area contributed by atoms with Crippen LogP contribution in [0.4, 0.5) is 0 Å². The first-order valence-electron chi connectivity index (χ1n) is 6.42. The molecule has 0 aliphatic carbocycles. The number of nitrogens with zero attached hydrogens (tertiary/aromatic N) is 1. The quantitative estimate of drug-likeness (QED) is 0.878. The number of rotatable bonds is 4. The van der Waals surface area contributed by atoms with E-state index in [1.807, 2.05) is 33.0 Å². The Morgan fingerprint density at radius 3 is 2.74 bits per heavy atom. The van der Waals surface area contributed by atoms with E-state index >= 15 is 0 Å². The summed E-state index contributed by atoms with van der Waals surface area (Å²) < 4.78 is 0. The van der Waals surface area contributed by atoms with E-state index < -0.39 is 0 Å². The molecule has 4 nitrogen and oxygen atoms in total. The van der Waals surface area contributed by atoms with E-state index in [2.05, 4.69) is 21.4 Å². The zero-order chi connectivity index (χ0) is 13.8. The summed E-state index contributed by atoms with van der Waals surface area (Å²) >= 11 is 0. The Bertz CT molecular complexity index is 632.